The monoisotopic (exact) mass is 322 g/mol. The van der Waals surface area contributed by atoms with E-state index in [9.17, 15) is 4.79 Å². The van der Waals surface area contributed by atoms with Gasteiger partial charge >= 0.3 is 5.97 Å². The van der Waals surface area contributed by atoms with E-state index in [0.717, 1.165) is 19.3 Å². The molecule has 23 heavy (non-hydrogen) atoms. The van der Waals surface area contributed by atoms with Crippen molar-refractivity contribution in [3.63, 3.8) is 0 Å². The van der Waals surface area contributed by atoms with Crippen molar-refractivity contribution >= 4 is 5.97 Å². The molecule has 0 saturated heterocycles. The molecule has 0 heterocycles. The lowest BCUT2D eigenvalue weighted by Gasteiger charge is -1.99. The number of unbranched alkanes of at least 4 members (excludes halogenated alkanes) is 11. The Balaban J connectivity index is 3.17. The molecule has 0 aromatic rings. The highest BCUT2D eigenvalue weighted by atomic mass is 16.4. The maximum atomic E-state index is 10.4. The number of carbonyl (C=O) groups is 1. The summed E-state index contributed by atoms with van der Waals surface area (Å²) in [4.78, 5) is 10.4. The minimum atomic E-state index is -0.666. The van der Waals surface area contributed by atoms with E-state index in [1.54, 1.807) is 0 Å². The van der Waals surface area contributed by atoms with Crippen molar-refractivity contribution in [3.8, 4) is 0 Å². The largest absolute Gasteiger partial charge is 0.481 e. The molecule has 0 aliphatic carbocycles. The Kier molecular flexibility index (Phi) is 18.1. The van der Waals surface area contributed by atoms with Gasteiger partial charge < -0.3 is 5.11 Å². The molecule has 0 spiro atoms. The second-order valence-corrected chi connectivity index (χ2v) is 6.44. The van der Waals surface area contributed by atoms with E-state index in [4.69, 9.17) is 5.11 Å². The normalized spacial score (nSPS) is 11.7. The third-order valence-corrected chi connectivity index (χ3v) is 4.09. The first-order chi connectivity index (χ1) is 11.3. The van der Waals surface area contributed by atoms with Crippen LogP contribution in [-0.2, 0) is 4.79 Å². The summed E-state index contributed by atoms with van der Waals surface area (Å²) in [6, 6.07) is 0. The van der Waals surface area contributed by atoms with Gasteiger partial charge in [0.15, 0.2) is 0 Å². The zero-order valence-corrected chi connectivity index (χ0v) is 15.3. The summed E-state index contributed by atoms with van der Waals surface area (Å²) < 4.78 is 0. The predicted octanol–water partition coefficient (Wildman–Crippen LogP) is 7.05. The molecule has 134 valence electrons. The van der Waals surface area contributed by atoms with E-state index in [0.29, 0.717) is 6.42 Å². The van der Waals surface area contributed by atoms with Crippen LogP contribution in [0.5, 0.6) is 0 Å². The molecule has 1 N–H and O–H groups in total. The molecule has 0 amide bonds. The summed E-state index contributed by atoms with van der Waals surface area (Å²) >= 11 is 0. The molecule has 0 rings (SSSR count). The lowest BCUT2D eigenvalue weighted by atomic mass is 10.1. The Labute approximate surface area is 144 Å². The van der Waals surface area contributed by atoms with Crippen LogP contribution in [0.25, 0.3) is 0 Å². The molecule has 0 atom stereocenters. The van der Waals surface area contributed by atoms with Crippen LogP contribution in [0.1, 0.15) is 103 Å². The molecule has 0 aromatic heterocycles. The van der Waals surface area contributed by atoms with Crippen molar-refractivity contribution in [2.24, 2.45) is 0 Å². The van der Waals surface area contributed by atoms with Crippen molar-refractivity contribution in [3.05, 3.63) is 24.3 Å². The Morgan fingerprint density at radius 3 is 1.70 bits per heavy atom. The van der Waals surface area contributed by atoms with Crippen molar-refractivity contribution in [1.82, 2.24) is 0 Å². The quantitative estimate of drug-likeness (QED) is 0.230. The summed E-state index contributed by atoms with van der Waals surface area (Å²) in [5, 5.41) is 8.54. The van der Waals surface area contributed by atoms with E-state index in [1.165, 1.54) is 70.6 Å². The second kappa shape index (κ2) is 19.0. The van der Waals surface area contributed by atoms with Crippen molar-refractivity contribution in [1.29, 1.82) is 0 Å². The predicted molar refractivity (Wildman–Crippen MR) is 101 cm³/mol. The molecule has 2 heteroatoms. The van der Waals surface area contributed by atoms with Crippen molar-refractivity contribution in [2.45, 2.75) is 103 Å². The molecule has 0 saturated carbocycles. The zero-order chi connectivity index (χ0) is 17.0. The van der Waals surface area contributed by atoms with Gasteiger partial charge in [-0.3, -0.25) is 4.79 Å². The minimum absolute atomic E-state index is 0.328. The van der Waals surface area contributed by atoms with Crippen LogP contribution in [0.15, 0.2) is 24.3 Å². The number of allylic oxidation sites excluding steroid dienone is 4. The Bertz CT molecular complexity index is 305. The van der Waals surface area contributed by atoms with E-state index in [1.807, 2.05) is 0 Å². The Hall–Kier alpha value is -1.05. The number of hydrogen-bond acceptors (Lipinski definition) is 1. The summed E-state index contributed by atoms with van der Waals surface area (Å²) in [6.07, 6.45) is 26.7. The summed E-state index contributed by atoms with van der Waals surface area (Å²) in [5.41, 5.74) is 0. The van der Waals surface area contributed by atoms with Crippen LogP contribution in [0.3, 0.4) is 0 Å². The second-order valence-electron chi connectivity index (χ2n) is 6.44. The van der Waals surface area contributed by atoms with Crippen LogP contribution in [0.4, 0.5) is 0 Å². The van der Waals surface area contributed by atoms with Crippen LogP contribution < -0.4 is 0 Å². The highest BCUT2D eigenvalue weighted by Gasteiger charge is 1.96. The molecule has 2 nitrogen and oxygen atoms in total. The fraction of sp³-hybridized carbons (Fsp3) is 0.762. The number of rotatable bonds is 17. The van der Waals surface area contributed by atoms with Gasteiger partial charge in [-0.15, -0.1) is 0 Å². The van der Waals surface area contributed by atoms with Crippen LogP contribution in [0.2, 0.25) is 0 Å². The van der Waals surface area contributed by atoms with Crippen molar-refractivity contribution in [2.75, 3.05) is 0 Å². The summed E-state index contributed by atoms with van der Waals surface area (Å²) in [5.74, 6) is -0.666. The van der Waals surface area contributed by atoms with Gasteiger partial charge in [0.05, 0.1) is 0 Å². The molecular formula is C21H38O2. The molecule has 0 fully saturated rings. The third-order valence-electron chi connectivity index (χ3n) is 4.09. The van der Waals surface area contributed by atoms with Gasteiger partial charge in [0.1, 0.15) is 0 Å². The highest BCUT2D eigenvalue weighted by Crippen LogP contribution is 2.09. The van der Waals surface area contributed by atoms with Gasteiger partial charge in [0.2, 0.25) is 0 Å². The van der Waals surface area contributed by atoms with Gasteiger partial charge in [-0.25, -0.2) is 0 Å². The van der Waals surface area contributed by atoms with Gasteiger partial charge in [-0.1, -0.05) is 82.6 Å². The number of carboxylic acids is 1. The Morgan fingerprint density at radius 2 is 1.17 bits per heavy atom. The maximum absolute atomic E-state index is 10.4. The first-order valence-electron chi connectivity index (χ1n) is 9.79. The smallest absolute Gasteiger partial charge is 0.303 e. The molecule has 0 unspecified atom stereocenters. The zero-order valence-electron chi connectivity index (χ0n) is 15.3. The summed E-state index contributed by atoms with van der Waals surface area (Å²) in [6.45, 7) is 2.26. The van der Waals surface area contributed by atoms with Gasteiger partial charge in [0, 0.05) is 6.42 Å². The lowest BCUT2D eigenvalue weighted by molar-refractivity contribution is -0.137. The SMILES string of the molecule is CCCCCCCC=CCC=CCCCCCCCCC(=O)O. The number of hydrogen-bond donors (Lipinski definition) is 1. The molecule has 0 aromatic carbocycles. The van der Waals surface area contributed by atoms with E-state index in [2.05, 4.69) is 31.2 Å². The molecule has 0 bridgehead atoms. The Morgan fingerprint density at radius 1 is 0.696 bits per heavy atom. The average Bonchev–Trinajstić information content (AvgIpc) is 2.53. The topological polar surface area (TPSA) is 37.3 Å². The minimum Gasteiger partial charge on any atom is -0.481 e. The fourth-order valence-electron chi connectivity index (χ4n) is 2.62. The molecular weight excluding hydrogens is 284 g/mol. The van der Waals surface area contributed by atoms with Crippen LogP contribution in [0, 0.1) is 0 Å². The highest BCUT2D eigenvalue weighted by molar-refractivity contribution is 5.66. The van der Waals surface area contributed by atoms with E-state index in [-0.39, 0.29) is 0 Å². The number of aliphatic carboxylic acids is 1. The van der Waals surface area contributed by atoms with Crippen molar-refractivity contribution < 1.29 is 9.90 Å². The molecule has 0 aliphatic heterocycles. The first-order valence-corrected chi connectivity index (χ1v) is 9.79. The van der Waals surface area contributed by atoms with E-state index < -0.39 is 5.97 Å². The average molecular weight is 323 g/mol. The standard InChI is InChI=1S/C21H38O2/c1-2-3-4-5-6-7-8-9-10-11-12-13-14-15-16-17-18-19-20-21(22)23/h8-9,11-12H,2-7,10,13-20H2,1H3,(H,22,23). The van der Waals surface area contributed by atoms with Crippen LogP contribution in [-0.4, -0.2) is 11.1 Å². The first kappa shape index (κ1) is 21.9. The van der Waals surface area contributed by atoms with Gasteiger partial charge in [0.25, 0.3) is 0 Å². The lowest BCUT2D eigenvalue weighted by Crippen LogP contribution is -1.93. The van der Waals surface area contributed by atoms with Gasteiger partial charge in [-0.05, 0) is 38.5 Å². The van der Waals surface area contributed by atoms with Crippen LogP contribution >= 0.6 is 0 Å². The fourth-order valence-corrected chi connectivity index (χ4v) is 2.62. The van der Waals surface area contributed by atoms with Gasteiger partial charge in [-0.2, -0.15) is 0 Å². The van der Waals surface area contributed by atoms with E-state index >= 15 is 0 Å². The maximum Gasteiger partial charge on any atom is 0.303 e. The third kappa shape index (κ3) is 21.0. The molecule has 0 aliphatic rings. The summed E-state index contributed by atoms with van der Waals surface area (Å²) in [7, 11) is 0. The number of carboxylic acid groups (broad SMARTS) is 1. The molecule has 0 radical (unpaired) electrons.